The fourth-order valence-electron chi connectivity index (χ4n) is 4.34. The maximum Gasteiger partial charge on any atom is 0.227 e. The molecule has 2 amide bonds. The van der Waals surface area contributed by atoms with Crippen molar-refractivity contribution in [3.63, 3.8) is 0 Å². The first-order chi connectivity index (χ1) is 14.6. The average Bonchev–Trinajstić information content (AvgIpc) is 3.54. The van der Waals surface area contributed by atoms with Crippen molar-refractivity contribution in [3.8, 4) is 0 Å². The lowest BCUT2D eigenvalue weighted by atomic mass is 9.91. The summed E-state index contributed by atoms with van der Waals surface area (Å²) < 4.78 is 8.20. The van der Waals surface area contributed by atoms with Gasteiger partial charge in [-0.25, -0.2) is 4.68 Å². The van der Waals surface area contributed by atoms with Gasteiger partial charge < -0.3 is 15.0 Å². The van der Waals surface area contributed by atoms with E-state index in [0.29, 0.717) is 32.7 Å². The van der Waals surface area contributed by atoms with Crippen molar-refractivity contribution in [2.45, 2.75) is 57.4 Å². The second-order valence-corrected chi connectivity index (χ2v) is 8.56. The van der Waals surface area contributed by atoms with Crippen LogP contribution in [0.25, 0.3) is 0 Å². The lowest BCUT2D eigenvalue weighted by Gasteiger charge is -2.44. The summed E-state index contributed by atoms with van der Waals surface area (Å²) in [6.07, 6.45) is 7.54. The van der Waals surface area contributed by atoms with E-state index in [9.17, 15) is 9.59 Å². The fourth-order valence-corrected chi connectivity index (χ4v) is 4.34. The summed E-state index contributed by atoms with van der Waals surface area (Å²) in [5.74, 6) is 0.367. The fraction of sp³-hybridized carbons (Fsp3) is 0.571. The molecule has 30 heavy (non-hydrogen) atoms. The molecule has 2 aromatic rings. The van der Waals surface area contributed by atoms with Gasteiger partial charge in [0.2, 0.25) is 11.8 Å². The minimum atomic E-state index is -0.432. The van der Waals surface area contributed by atoms with E-state index in [1.54, 1.807) is 12.4 Å². The Morgan fingerprint density at radius 1 is 1.30 bits per heavy atom. The first kappa shape index (κ1) is 19.2. The standard InChI is InChI=1S/C21H26N6O3/c28-19(9-15-3-1-7-22-10-15)26-8-2-6-21(13-26)14-27-18(12-30-21)17(24-25-27)11-23-20(29)16-4-5-16/h1,3,7,10,16H,2,4-6,8-9,11-14H2,(H,23,29). The number of aromatic nitrogens is 4. The lowest BCUT2D eigenvalue weighted by molar-refractivity contribution is -0.152. The number of nitrogens with zero attached hydrogens (tertiary/aromatic N) is 5. The quantitative estimate of drug-likeness (QED) is 0.784. The molecule has 2 aromatic heterocycles. The van der Waals surface area contributed by atoms with Crippen LogP contribution in [-0.4, -0.2) is 55.4 Å². The molecule has 5 rings (SSSR count). The summed E-state index contributed by atoms with van der Waals surface area (Å²) in [7, 11) is 0. The van der Waals surface area contributed by atoms with Crippen LogP contribution in [0, 0.1) is 5.92 Å². The van der Waals surface area contributed by atoms with Gasteiger partial charge in [-0.1, -0.05) is 11.3 Å². The van der Waals surface area contributed by atoms with Gasteiger partial charge in [0.25, 0.3) is 0 Å². The number of fused-ring (bicyclic) bond motifs is 1. The van der Waals surface area contributed by atoms with Gasteiger partial charge in [-0.15, -0.1) is 5.10 Å². The van der Waals surface area contributed by atoms with Gasteiger partial charge in [0, 0.05) is 24.9 Å². The number of carbonyl (C=O) groups excluding carboxylic acids is 2. The van der Waals surface area contributed by atoms with E-state index in [-0.39, 0.29) is 17.7 Å². The molecule has 4 heterocycles. The van der Waals surface area contributed by atoms with Crippen molar-refractivity contribution in [1.82, 2.24) is 30.2 Å². The Hall–Kier alpha value is -2.81. The lowest BCUT2D eigenvalue weighted by Crippen LogP contribution is -2.56. The molecule has 1 aliphatic carbocycles. The monoisotopic (exact) mass is 410 g/mol. The predicted molar refractivity (Wildman–Crippen MR) is 106 cm³/mol. The Kier molecular flexibility index (Phi) is 4.98. The first-order valence-corrected chi connectivity index (χ1v) is 10.6. The molecule has 0 radical (unpaired) electrons. The molecule has 158 valence electrons. The van der Waals surface area contributed by atoms with Gasteiger partial charge in [0.1, 0.15) is 11.3 Å². The maximum atomic E-state index is 12.8. The van der Waals surface area contributed by atoms with E-state index in [4.69, 9.17) is 4.74 Å². The third-order valence-corrected chi connectivity index (χ3v) is 6.22. The van der Waals surface area contributed by atoms with E-state index < -0.39 is 5.60 Å². The highest BCUT2D eigenvalue weighted by molar-refractivity contribution is 5.80. The molecule has 1 N–H and O–H groups in total. The third kappa shape index (κ3) is 3.94. The molecule has 9 nitrogen and oxygen atoms in total. The topological polar surface area (TPSA) is 102 Å². The van der Waals surface area contributed by atoms with Gasteiger partial charge in [0.05, 0.1) is 38.4 Å². The van der Waals surface area contributed by atoms with Crippen LogP contribution in [0.1, 0.15) is 42.6 Å². The van der Waals surface area contributed by atoms with Crippen LogP contribution in [-0.2, 0) is 40.4 Å². The normalized spacial score (nSPS) is 23.3. The van der Waals surface area contributed by atoms with Crippen LogP contribution in [0.3, 0.4) is 0 Å². The zero-order valence-electron chi connectivity index (χ0n) is 16.9. The molecule has 1 atom stereocenters. The summed E-state index contributed by atoms with van der Waals surface area (Å²) in [5, 5.41) is 11.5. The summed E-state index contributed by atoms with van der Waals surface area (Å²) in [6, 6.07) is 3.77. The highest BCUT2D eigenvalue weighted by Crippen LogP contribution is 2.33. The first-order valence-electron chi connectivity index (χ1n) is 10.6. The zero-order chi connectivity index (χ0) is 20.6. The van der Waals surface area contributed by atoms with Crippen molar-refractivity contribution in [2.75, 3.05) is 13.1 Å². The van der Waals surface area contributed by atoms with Crippen molar-refractivity contribution in [1.29, 1.82) is 0 Å². The Morgan fingerprint density at radius 2 is 2.20 bits per heavy atom. The van der Waals surface area contributed by atoms with Gasteiger partial charge in [-0.2, -0.15) is 0 Å². The number of ether oxygens (including phenoxy) is 1. The highest BCUT2D eigenvalue weighted by atomic mass is 16.5. The second kappa shape index (κ2) is 7.79. The molecule has 2 aliphatic heterocycles. The van der Waals surface area contributed by atoms with Gasteiger partial charge in [-0.3, -0.25) is 14.6 Å². The number of hydrogen-bond acceptors (Lipinski definition) is 6. The number of carbonyl (C=O) groups is 2. The SMILES string of the molecule is O=C(NCc1nnn2c1COC1(CCCN(C(=O)Cc3cccnc3)C1)C2)C1CC1. The molecule has 2 fully saturated rings. The van der Waals surface area contributed by atoms with Crippen LogP contribution in [0.2, 0.25) is 0 Å². The van der Waals surface area contributed by atoms with Crippen molar-refractivity contribution < 1.29 is 14.3 Å². The van der Waals surface area contributed by atoms with Crippen molar-refractivity contribution in [3.05, 3.63) is 41.5 Å². The van der Waals surface area contributed by atoms with Crippen LogP contribution < -0.4 is 5.32 Å². The van der Waals surface area contributed by atoms with E-state index >= 15 is 0 Å². The highest BCUT2D eigenvalue weighted by Gasteiger charge is 2.42. The molecule has 3 aliphatic rings. The number of piperidine rings is 1. The summed E-state index contributed by atoms with van der Waals surface area (Å²) >= 11 is 0. The number of likely N-dealkylation sites (tertiary alicyclic amines) is 1. The van der Waals surface area contributed by atoms with E-state index in [0.717, 1.165) is 49.2 Å². The minimum absolute atomic E-state index is 0.0959. The van der Waals surface area contributed by atoms with E-state index in [2.05, 4.69) is 20.6 Å². The Labute approximate surface area is 174 Å². The third-order valence-electron chi connectivity index (χ3n) is 6.22. The zero-order valence-corrected chi connectivity index (χ0v) is 16.9. The van der Waals surface area contributed by atoms with Crippen molar-refractivity contribution in [2.24, 2.45) is 5.92 Å². The van der Waals surface area contributed by atoms with E-state index in [1.165, 1.54) is 0 Å². The molecular formula is C21H26N6O3. The summed E-state index contributed by atoms with van der Waals surface area (Å²) in [5.41, 5.74) is 2.16. The average molecular weight is 410 g/mol. The Bertz CT molecular complexity index is 941. The predicted octanol–water partition coefficient (Wildman–Crippen LogP) is 0.833. The molecule has 0 aromatic carbocycles. The summed E-state index contributed by atoms with van der Waals surface area (Å²) in [6.45, 7) is 2.65. The van der Waals surface area contributed by atoms with Crippen molar-refractivity contribution >= 4 is 11.8 Å². The number of pyridine rings is 1. The Balaban J connectivity index is 1.23. The molecule has 1 spiro atoms. The molecule has 1 unspecified atom stereocenters. The number of nitrogens with one attached hydrogen (secondary N) is 1. The second-order valence-electron chi connectivity index (χ2n) is 8.56. The van der Waals surface area contributed by atoms with Gasteiger partial charge in [-0.05, 0) is 37.3 Å². The number of rotatable bonds is 5. The Morgan fingerprint density at radius 3 is 3.00 bits per heavy atom. The van der Waals surface area contributed by atoms with Crippen LogP contribution >= 0.6 is 0 Å². The molecule has 9 heteroatoms. The van der Waals surface area contributed by atoms with Gasteiger partial charge in [0.15, 0.2) is 0 Å². The molecule has 1 saturated heterocycles. The smallest absolute Gasteiger partial charge is 0.227 e. The minimum Gasteiger partial charge on any atom is -0.365 e. The number of amides is 2. The van der Waals surface area contributed by atoms with E-state index in [1.807, 2.05) is 21.7 Å². The summed E-state index contributed by atoms with van der Waals surface area (Å²) in [4.78, 5) is 30.7. The van der Waals surface area contributed by atoms with Crippen LogP contribution in [0.4, 0.5) is 0 Å². The van der Waals surface area contributed by atoms with Crippen LogP contribution in [0.5, 0.6) is 0 Å². The molecule has 0 bridgehead atoms. The van der Waals surface area contributed by atoms with Crippen LogP contribution in [0.15, 0.2) is 24.5 Å². The number of hydrogen-bond donors (Lipinski definition) is 1. The largest absolute Gasteiger partial charge is 0.365 e. The maximum absolute atomic E-state index is 12.8. The molecular weight excluding hydrogens is 384 g/mol. The molecule has 1 saturated carbocycles. The van der Waals surface area contributed by atoms with Gasteiger partial charge >= 0.3 is 0 Å².